The average molecular weight is 562 g/mol. The SMILES string of the molecule is N=C(NS(=O)(=O)c1ccc(Cl)cc1)N1C[C@@H](c2ccccc2)C(c2ccc(Cl)cc2)([C@@H](CO)C(N)=O)N1. The Morgan fingerprint density at radius 3 is 2.19 bits per heavy atom. The van der Waals surface area contributed by atoms with Gasteiger partial charge in [0.15, 0.2) is 0 Å². The summed E-state index contributed by atoms with van der Waals surface area (Å²) in [6, 6.07) is 21.5. The highest BCUT2D eigenvalue weighted by atomic mass is 35.5. The van der Waals surface area contributed by atoms with E-state index < -0.39 is 45.9 Å². The summed E-state index contributed by atoms with van der Waals surface area (Å²) in [5, 5.41) is 21.1. The van der Waals surface area contributed by atoms with E-state index in [1.54, 1.807) is 24.3 Å². The zero-order valence-corrected chi connectivity index (χ0v) is 21.8. The first kappa shape index (κ1) is 26.9. The van der Waals surface area contributed by atoms with E-state index in [9.17, 15) is 18.3 Å². The summed E-state index contributed by atoms with van der Waals surface area (Å²) in [6.07, 6.45) is 0. The van der Waals surface area contributed by atoms with Crippen LogP contribution in [0.15, 0.2) is 83.8 Å². The number of benzene rings is 3. The van der Waals surface area contributed by atoms with Crippen LogP contribution in [0.3, 0.4) is 0 Å². The van der Waals surface area contributed by atoms with Gasteiger partial charge in [-0.25, -0.2) is 18.6 Å². The summed E-state index contributed by atoms with van der Waals surface area (Å²) >= 11 is 12.0. The number of carbonyl (C=O) groups is 1. The minimum absolute atomic E-state index is 0.0743. The van der Waals surface area contributed by atoms with Gasteiger partial charge in [-0.05, 0) is 47.5 Å². The number of carbonyl (C=O) groups excluding carboxylic acids is 1. The molecule has 1 aliphatic heterocycles. The van der Waals surface area contributed by atoms with Crippen LogP contribution in [-0.2, 0) is 20.4 Å². The number of hydrogen-bond acceptors (Lipinski definition) is 6. The summed E-state index contributed by atoms with van der Waals surface area (Å²) in [4.78, 5) is 12.6. The van der Waals surface area contributed by atoms with Crippen molar-refractivity contribution in [2.75, 3.05) is 13.2 Å². The quantitative estimate of drug-likeness (QED) is 0.221. The second-order valence-corrected chi connectivity index (χ2v) is 11.2. The number of aliphatic hydroxyl groups is 1. The third kappa shape index (κ3) is 5.29. The van der Waals surface area contributed by atoms with Crippen molar-refractivity contribution in [3.05, 3.63) is 100 Å². The van der Waals surface area contributed by atoms with Crippen molar-refractivity contribution in [2.24, 2.45) is 11.7 Å². The summed E-state index contributed by atoms with van der Waals surface area (Å²) in [6.45, 7) is -0.510. The first-order chi connectivity index (χ1) is 17.6. The monoisotopic (exact) mass is 561 g/mol. The molecule has 1 aliphatic rings. The van der Waals surface area contributed by atoms with E-state index in [2.05, 4.69) is 10.1 Å². The molecule has 12 heteroatoms. The molecule has 1 fully saturated rings. The second kappa shape index (κ2) is 10.7. The number of amides is 1. The highest BCUT2D eigenvalue weighted by Crippen LogP contribution is 2.47. The average Bonchev–Trinajstić information content (AvgIpc) is 3.27. The number of nitrogens with zero attached hydrogens (tertiary/aromatic N) is 1. The van der Waals surface area contributed by atoms with Gasteiger partial charge in [-0.1, -0.05) is 65.7 Å². The lowest BCUT2D eigenvalue weighted by Crippen LogP contribution is -2.58. The maximum atomic E-state index is 13.0. The predicted octanol–water partition coefficient (Wildman–Crippen LogP) is 2.80. The first-order valence-corrected chi connectivity index (χ1v) is 13.5. The van der Waals surface area contributed by atoms with Crippen LogP contribution in [-0.4, -0.2) is 43.6 Å². The maximum absolute atomic E-state index is 13.0. The lowest BCUT2D eigenvalue weighted by atomic mass is 9.68. The number of hydrazine groups is 1. The number of hydrogen-bond donors (Lipinski definition) is 5. The van der Waals surface area contributed by atoms with Gasteiger partial charge >= 0.3 is 0 Å². The van der Waals surface area contributed by atoms with E-state index in [1.807, 2.05) is 30.3 Å². The van der Waals surface area contributed by atoms with Crippen molar-refractivity contribution in [3.63, 3.8) is 0 Å². The minimum atomic E-state index is -4.12. The number of nitrogens with two attached hydrogens (primary N) is 1. The van der Waals surface area contributed by atoms with Crippen LogP contribution in [0.2, 0.25) is 10.0 Å². The van der Waals surface area contributed by atoms with E-state index in [0.29, 0.717) is 15.6 Å². The Hall–Kier alpha value is -3.15. The molecule has 3 aromatic rings. The topological polar surface area (TPSA) is 149 Å². The number of nitrogens with one attached hydrogen (secondary N) is 3. The molecule has 1 saturated heterocycles. The third-order valence-electron chi connectivity index (χ3n) is 6.46. The summed E-state index contributed by atoms with van der Waals surface area (Å²) < 4.78 is 28.2. The molecule has 194 valence electrons. The molecule has 0 aromatic heterocycles. The van der Waals surface area contributed by atoms with Crippen LogP contribution in [0.5, 0.6) is 0 Å². The van der Waals surface area contributed by atoms with Gasteiger partial charge in [0, 0.05) is 22.5 Å². The largest absolute Gasteiger partial charge is 0.395 e. The second-order valence-electron chi connectivity index (χ2n) is 8.61. The number of primary amides is 1. The predicted molar refractivity (Wildman–Crippen MR) is 141 cm³/mol. The van der Waals surface area contributed by atoms with Crippen LogP contribution in [0.25, 0.3) is 0 Å². The Balaban J connectivity index is 1.79. The highest BCUT2D eigenvalue weighted by molar-refractivity contribution is 7.90. The fourth-order valence-corrected chi connectivity index (χ4v) is 5.93. The molecular formula is C25H25Cl2N5O4S. The van der Waals surface area contributed by atoms with E-state index in [4.69, 9.17) is 34.3 Å². The number of halogens is 2. The molecule has 37 heavy (non-hydrogen) atoms. The maximum Gasteiger partial charge on any atom is 0.264 e. The molecule has 1 unspecified atom stereocenters. The summed E-state index contributed by atoms with van der Waals surface area (Å²) in [7, 11) is -4.12. The number of aliphatic hydroxyl groups excluding tert-OH is 1. The van der Waals surface area contributed by atoms with Crippen LogP contribution >= 0.6 is 23.2 Å². The van der Waals surface area contributed by atoms with E-state index in [-0.39, 0.29) is 11.4 Å². The molecule has 3 aromatic carbocycles. The molecular weight excluding hydrogens is 537 g/mol. The molecule has 4 rings (SSSR count). The molecule has 0 aliphatic carbocycles. The van der Waals surface area contributed by atoms with Crippen molar-refractivity contribution in [1.29, 1.82) is 5.41 Å². The molecule has 0 radical (unpaired) electrons. The molecule has 1 amide bonds. The Bertz CT molecular complexity index is 1390. The summed E-state index contributed by atoms with van der Waals surface area (Å²) in [5.74, 6) is -2.90. The van der Waals surface area contributed by atoms with Gasteiger partial charge in [0.25, 0.3) is 10.0 Å². The molecule has 1 heterocycles. The van der Waals surface area contributed by atoms with Gasteiger partial charge < -0.3 is 10.8 Å². The zero-order valence-electron chi connectivity index (χ0n) is 19.4. The smallest absolute Gasteiger partial charge is 0.264 e. The lowest BCUT2D eigenvalue weighted by molar-refractivity contribution is -0.126. The normalized spacial score (nSPS) is 20.4. The Labute approximate surface area is 224 Å². The molecule has 0 saturated carbocycles. The molecule has 6 N–H and O–H groups in total. The van der Waals surface area contributed by atoms with Crippen molar-refractivity contribution < 1.29 is 18.3 Å². The Kier molecular flexibility index (Phi) is 7.77. The van der Waals surface area contributed by atoms with Gasteiger partial charge in [0.1, 0.15) is 0 Å². The highest BCUT2D eigenvalue weighted by Gasteiger charge is 2.56. The number of rotatable bonds is 7. The van der Waals surface area contributed by atoms with Gasteiger partial charge in [-0.15, -0.1) is 0 Å². The number of sulfonamides is 1. The van der Waals surface area contributed by atoms with Gasteiger partial charge in [-0.2, -0.15) is 0 Å². The van der Waals surface area contributed by atoms with Crippen molar-refractivity contribution in [3.8, 4) is 0 Å². The molecule has 9 nitrogen and oxygen atoms in total. The third-order valence-corrected chi connectivity index (χ3v) is 8.32. The van der Waals surface area contributed by atoms with E-state index in [1.165, 1.54) is 29.3 Å². The molecule has 3 atom stereocenters. The Morgan fingerprint density at radius 1 is 1.08 bits per heavy atom. The van der Waals surface area contributed by atoms with E-state index in [0.717, 1.165) is 5.56 Å². The van der Waals surface area contributed by atoms with Crippen molar-refractivity contribution in [1.82, 2.24) is 15.2 Å². The lowest BCUT2D eigenvalue weighted by Gasteiger charge is -2.40. The Morgan fingerprint density at radius 2 is 1.65 bits per heavy atom. The zero-order chi connectivity index (χ0) is 26.8. The number of guanidine groups is 1. The van der Waals surface area contributed by atoms with Gasteiger partial charge in [-0.3, -0.25) is 15.2 Å². The van der Waals surface area contributed by atoms with Crippen LogP contribution in [0.4, 0.5) is 0 Å². The van der Waals surface area contributed by atoms with Crippen LogP contribution in [0, 0.1) is 11.3 Å². The minimum Gasteiger partial charge on any atom is -0.395 e. The summed E-state index contributed by atoms with van der Waals surface area (Å²) in [5.41, 5.74) is 8.98. The van der Waals surface area contributed by atoms with Crippen molar-refractivity contribution in [2.45, 2.75) is 16.4 Å². The molecule has 0 spiro atoms. The standard InChI is InChI=1S/C25H25Cl2N5O4S/c26-18-8-6-17(7-9-18)25(22(15-33)23(28)34)21(16-4-2-1-3-5-16)14-32(31-25)24(29)30-37(35,36)20-12-10-19(27)11-13-20/h1-13,21-22,31,33H,14-15H2,(H2,28,34)(H2,29,30)/t21-,22-,25?/m0/s1. The first-order valence-electron chi connectivity index (χ1n) is 11.2. The molecule has 0 bridgehead atoms. The fraction of sp³-hybridized carbons (Fsp3) is 0.200. The van der Waals surface area contributed by atoms with E-state index >= 15 is 0 Å². The van der Waals surface area contributed by atoms with Crippen molar-refractivity contribution >= 4 is 45.1 Å². The van der Waals surface area contributed by atoms with Gasteiger partial charge in [0.05, 0.1) is 23.0 Å². The van der Waals surface area contributed by atoms with Gasteiger partial charge in [0.2, 0.25) is 11.9 Å². The van der Waals surface area contributed by atoms with Crippen LogP contribution in [0.1, 0.15) is 17.0 Å². The van der Waals surface area contributed by atoms with Crippen LogP contribution < -0.4 is 15.9 Å². The fourth-order valence-electron chi connectivity index (χ4n) is 4.70.